The van der Waals surface area contributed by atoms with Gasteiger partial charge in [0.15, 0.2) is 5.96 Å². The maximum Gasteiger partial charge on any atom is 0.191 e. The minimum Gasteiger partial charge on any atom is -0.355 e. The zero-order valence-electron chi connectivity index (χ0n) is 13.3. The highest BCUT2D eigenvalue weighted by Gasteiger charge is 2.43. The van der Waals surface area contributed by atoms with Crippen molar-refractivity contribution in [3.8, 4) is 0 Å². The van der Waals surface area contributed by atoms with Gasteiger partial charge in [-0.25, -0.2) is 0 Å². The van der Waals surface area contributed by atoms with E-state index in [9.17, 15) is 0 Å². The topological polar surface area (TPSA) is 36.4 Å². The largest absolute Gasteiger partial charge is 0.355 e. The van der Waals surface area contributed by atoms with Crippen molar-refractivity contribution in [1.29, 1.82) is 0 Å². The van der Waals surface area contributed by atoms with Gasteiger partial charge in [-0.2, -0.15) is 0 Å². The molecule has 0 atom stereocenters. The van der Waals surface area contributed by atoms with Crippen molar-refractivity contribution in [1.82, 2.24) is 10.6 Å². The molecule has 0 heterocycles. The number of nitrogens with one attached hydrogen (secondary N) is 2. The lowest BCUT2D eigenvalue weighted by Crippen LogP contribution is -2.49. The molecule has 3 nitrogen and oxygen atoms in total. The predicted molar refractivity (Wildman–Crippen MR) is 104 cm³/mol. The van der Waals surface area contributed by atoms with E-state index in [1.807, 2.05) is 18.8 Å². The van der Waals surface area contributed by atoms with Crippen LogP contribution in [-0.4, -0.2) is 29.8 Å². The molecule has 2 rings (SSSR count). The summed E-state index contributed by atoms with van der Waals surface area (Å²) in [6.45, 7) is 7.39. The van der Waals surface area contributed by atoms with Crippen LogP contribution in [0, 0.1) is 0 Å². The Labute approximate surface area is 149 Å². The fraction of sp³-hybridized carbons (Fsp3) is 0.562. The minimum atomic E-state index is 0. The summed E-state index contributed by atoms with van der Waals surface area (Å²) in [6.07, 6.45) is 2.54. The Morgan fingerprint density at radius 2 is 1.86 bits per heavy atom. The van der Waals surface area contributed by atoms with Crippen LogP contribution >= 0.6 is 35.7 Å². The van der Waals surface area contributed by atoms with Crippen molar-refractivity contribution in [3.05, 3.63) is 30.3 Å². The van der Waals surface area contributed by atoms with Gasteiger partial charge in [0.25, 0.3) is 0 Å². The minimum absolute atomic E-state index is 0. The van der Waals surface area contributed by atoms with E-state index in [1.165, 1.54) is 17.7 Å². The fourth-order valence-electron chi connectivity index (χ4n) is 1.97. The van der Waals surface area contributed by atoms with Gasteiger partial charge in [0.1, 0.15) is 0 Å². The third-order valence-corrected chi connectivity index (χ3v) is 4.67. The lowest BCUT2D eigenvalue weighted by Gasteiger charge is -2.25. The molecule has 1 saturated carbocycles. The third-order valence-electron chi connectivity index (χ3n) is 3.18. The van der Waals surface area contributed by atoms with E-state index in [1.54, 1.807) is 0 Å². The van der Waals surface area contributed by atoms with Crippen LogP contribution in [0.15, 0.2) is 40.2 Å². The number of hydrogen-bond donors (Lipinski definition) is 2. The normalized spacial score (nSPS) is 16.9. The second kappa shape index (κ2) is 7.72. The molecule has 0 radical (unpaired) electrons. The Morgan fingerprint density at radius 3 is 2.33 bits per heavy atom. The summed E-state index contributed by atoms with van der Waals surface area (Å²) in [4.78, 5) is 5.65. The standard InChI is InChI=1S/C16H25N3S.HI/c1-15(2,3)19-14(17-4)18-12-16(10-11-16)20-13-8-6-5-7-9-13;/h5-9H,10-12H2,1-4H3,(H2,17,18,19);1H. The number of thioether (sulfide) groups is 1. The second-order valence-electron chi connectivity index (χ2n) is 6.40. The summed E-state index contributed by atoms with van der Waals surface area (Å²) < 4.78 is 0.344. The molecule has 2 N–H and O–H groups in total. The average molecular weight is 419 g/mol. The number of benzene rings is 1. The number of nitrogens with zero attached hydrogens (tertiary/aromatic N) is 1. The summed E-state index contributed by atoms with van der Waals surface area (Å²) in [5.74, 6) is 0.887. The Balaban J connectivity index is 0.00000220. The van der Waals surface area contributed by atoms with E-state index in [4.69, 9.17) is 0 Å². The predicted octanol–water partition coefficient (Wildman–Crippen LogP) is 3.89. The highest BCUT2D eigenvalue weighted by atomic mass is 127. The number of aliphatic imine (C=N–C) groups is 1. The molecular weight excluding hydrogens is 393 g/mol. The number of guanidine groups is 1. The molecule has 1 fully saturated rings. The van der Waals surface area contributed by atoms with Crippen molar-refractivity contribution in [3.63, 3.8) is 0 Å². The highest BCUT2D eigenvalue weighted by molar-refractivity contribution is 14.0. The van der Waals surface area contributed by atoms with Crippen molar-refractivity contribution < 1.29 is 0 Å². The Kier molecular flexibility index (Phi) is 6.84. The quantitative estimate of drug-likeness (QED) is 0.442. The first-order chi connectivity index (χ1) is 9.42. The summed E-state index contributed by atoms with van der Waals surface area (Å²) >= 11 is 1.98. The van der Waals surface area contributed by atoms with Crippen LogP contribution in [0.1, 0.15) is 33.6 Å². The summed E-state index contributed by atoms with van der Waals surface area (Å²) in [5, 5.41) is 6.87. The molecule has 5 heteroatoms. The van der Waals surface area contributed by atoms with Gasteiger partial charge in [0.05, 0.1) is 0 Å². The zero-order valence-corrected chi connectivity index (χ0v) is 16.4. The van der Waals surface area contributed by atoms with Gasteiger partial charge < -0.3 is 10.6 Å². The molecule has 21 heavy (non-hydrogen) atoms. The van der Waals surface area contributed by atoms with Crippen LogP contribution in [0.3, 0.4) is 0 Å². The van der Waals surface area contributed by atoms with Crippen molar-refractivity contribution in [2.24, 2.45) is 4.99 Å². The van der Waals surface area contributed by atoms with E-state index < -0.39 is 0 Å². The van der Waals surface area contributed by atoms with Gasteiger partial charge in [-0.05, 0) is 45.7 Å². The van der Waals surface area contributed by atoms with Crippen molar-refractivity contribution >= 4 is 41.7 Å². The molecule has 0 saturated heterocycles. The van der Waals surface area contributed by atoms with Gasteiger partial charge >= 0.3 is 0 Å². The molecule has 0 amide bonds. The van der Waals surface area contributed by atoms with E-state index >= 15 is 0 Å². The Bertz CT molecular complexity index is 464. The van der Waals surface area contributed by atoms with E-state index in [0.29, 0.717) is 4.75 Å². The molecule has 118 valence electrons. The van der Waals surface area contributed by atoms with Gasteiger partial charge in [-0.1, -0.05) is 18.2 Å². The average Bonchev–Trinajstić information content (AvgIpc) is 3.14. The molecular formula is C16H26IN3S. The first-order valence-corrected chi connectivity index (χ1v) is 7.97. The lowest BCUT2D eigenvalue weighted by molar-refractivity contribution is 0.501. The first-order valence-electron chi connectivity index (χ1n) is 7.15. The molecule has 0 unspecified atom stereocenters. The Hall–Kier alpha value is -0.430. The molecule has 1 aromatic rings. The van der Waals surface area contributed by atoms with E-state index in [2.05, 4.69) is 66.7 Å². The van der Waals surface area contributed by atoms with Crippen LogP contribution in [0.5, 0.6) is 0 Å². The van der Waals surface area contributed by atoms with Gasteiger partial charge in [-0.15, -0.1) is 35.7 Å². The Morgan fingerprint density at radius 1 is 1.24 bits per heavy atom. The van der Waals surface area contributed by atoms with Gasteiger partial charge in [0.2, 0.25) is 0 Å². The summed E-state index contributed by atoms with van der Waals surface area (Å²) in [6, 6.07) is 10.6. The lowest BCUT2D eigenvalue weighted by atomic mass is 10.1. The maximum atomic E-state index is 4.30. The molecule has 1 aromatic carbocycles. The number of rotatable bonds is 4. The smallest absolute Gasteiger partial charge is 0.191 e. The summed E-state index contributed by atoms with van der Waals surface area (Å²) in [5.41, 5.74) is 0.0329. The van der Waals surface area contributed by atoms with Gasteiger partial charge in [-0.3, -0.25) is 4.99 Å². The first kappa shape index (κ1) is 18.6. The van der Waals surface area contributed by atoms with Crippen molar-refractivity contribution in [2.75, 3.05) is 13.6 Å². The van der Waals surface area contributed by atoms with E-state index in [-0.39, 0.29) is 29.5 Å². The van der Waals surface area contributed by atoms with Gasteiger partial charge in [0, 0.05) is 28.8 Å². The molecule has 0 aliphatic heterocycles. The zero-order chi connectivity index (χ0) is 14.6. The maximum absolute atomic E-state index is 4.30. The fourth-order valence-corrected chi connectivity index (χ4v) is 3.22. The van der Waals surface area contributed by atoms with Crippen LogP contribution in [-0.2, 0) is 0 Å². The second-order valence-corrected chi connectivity index (χ2v) is 7.94. The third kappa shape index (κ3) is 6.46. The molecule has 0 spiro atoms. The van der Waals surface area contributed by atoms with Crippen LogP contribution in [0.4, 0.5) is 0 Å². The molecule has 0 bridgehead atoms. The van der Waals surface area contributed by atoms with E-state index in [0.717, 1.165) is 12.5 Å². The number of hydrogen-bond acceptors (Lipinski definition) is 2. The number of halogens is 1. The molecule has 1 aliphatic carbocycles. The van der Waals surface area contributed by atoms with Crippen LogP contribution in [0.25, 0.3) is 0 Å². The highest BCUT2D eigenvalue weighted by Crippen LogP contribution is 2.51. The van der Waals surface area contributed by atoms with Crippen molar-refractivity contribution in [2.45, 2.75) is 48.8 Å². The van der Waals surface area contributed by atoms with Crippen LogP contribution in [0.2, 0.25) is 0 Å². The SMILES string of the molecule is CN=C(NCC1(Sc2ccccc2)CC1)NC(C)(C)C.I. The summed E-state index contributed by atoms with van der Waals surface area (Å²) in [7, 11) is 1.82. The molecule has 1 aliphatic rings. The monoisotopic (exact) mass is 419 g/mol. The van der Waals surface area contributed by atoms with Crippen LogP contribution < -0.4 is 10.6 Å². The molecule has 0 aromatic heterocycles.